The molecule has 0 aliphatic carbocycles. The van der Waals surface area contributed by atoms with Gasteiger partial charge in [0.05, 0.1) is 32.9 Å². The van der Waals surface area contributed by atoms with Gasteiger partial charge in [-0.05, 0) is 48.4 Å². The average molecular weight is 741 g/mol. The van der Waals surface area contributed by atoms with Crippen molar-refractivity contribution in [1.82, 2.24) is 8.75 Å². The third-order valence-corrected chi connectivity index (χ3v) is 11.7. The lowest BCUT2D eigenvalue weighted by Crippen LogP contribution is -2.09. The van der Waals surface area contributed by atoms with Crippen molar-refractivity contribution in [3.8, 4) is 41.8 Å². The van der Waals surface area contributed by atoms with Crippen molar-refractivity contribution in [1.29, 1.82) is 0 Å². The van der Waals surface area contributed by atoms with Gasteiger partial charge in [-0.25, -0.2) is 0 Å². The molecule has 0 saturated heterocycles. The Morgan fingerprint density at radius 3 is 1.62 bits per heavy atom. The van der Waals surface area contributed by atoms with Crippen LogP contribution in [0.25, 0.3) is 52.8 Å². The van der Waals surface area contributed by atoms with Gasteiger partial charge in [0.25, 0.3) is 11.4 Å². The second-order valence-corrected chi connectivity index (χ2v) is 15.8. The summed E-state index contributed by atoms with van der Waals surface area (Å²) in [6.07, 6.45) is 0. The summed E-state index contributed by atoms with van der Waals surface area (Å²) in [7, 11) is -10.3. The molecule has 0 spiro atoms. The summed E-state index contributed by atoms with van der Waals surface area (Å²) in [4.78, 5) is 20.8. The third-order valence-electron chi connectivity index (χ3n) is 7.18. The van der Waals surface area contributed by atoms with Gasteiger partial charge in [0.2, 0.25) is 0 Å². The Balaban J connectivity index is 1.33. The van der Waals surface area contributed by atoms with Gasteiger partial charge >= 0.3 is 10.2 Å². The lowest BCUT2D eigenvalue weighted by molar-refractivity contribution is -0.388. The number of nitro groups is 2. The Labute approximate surface area is 275 Å². The zero-order chi connectivity index (χ0) is 33.5. The monoisotopic (exact) mass is 740 g/mol. The maximum atomic E-state index is 13.5. The molecule has 3 aromatic heterocycles. The molecule has 10 nitrogen and oxygen atoms in total. The van der Waals surface area contributed by atoms with Crippen molar-refractivity contribution in [2.45, 2.75) is 11.8 Å². The summed E-state index contributed by atoms with van der Waals surface area (Å²) < 4.78 is 85.6. The summed E-state index contributed by atoms with van der Waals surface area (Å²) in [6.45, 7) is 1.66. The molecule has 4 heterocycles. The quantitative estimate of drug-likeness (QED) is 0.0906. The fourth-order valence-corrected chi connectivity index (χ4v) is 9.15. The minimum atomic E-state index is -10.3. The Morgan fingerprint density at radius 1 is 0.660 bits per heavy atom. The molecule has 0 amide bonds. The Bertz CT molecular complexity index is 2440. The molecule has 6 aromatic rings. The molecule has 47 heavy (non-hydrogen) atoms. The van der Waals surface area contributed by atoms with Crippen LogP contribution in [0.4, 0.5) is 42.2 Å². The first kappa shape index (κ1) is 31.1. The summed E-state index contributed by atoms with van der Waals surface area (Å²) >= 11 is 4.31. The van der Waals surface area contributed by atoms with Gasteiger partial charge in [0, 0.05) is 48.3 Å². The zero-order valence-corrected chi connectivity index (χ0v) is 27.1. The van der Waals surface area contributed by atoms with E-state index in [9.17, 15) is 39.7 Å². The topological polar surface area (TPSA) is 137 Å². The van der Waals surface area contributed by atoms with Crippen LogP contribution in [0.2, 0.25) is 0 Å². The molecule has 3 aromatic carbocycles. The summed E-state index contributed by atoms with van der Waals surface area (Å²) in [6, 6.07) is 13.1. The molecule has 1 aliphatic rings. The standard InChI is InChI=1S/C27H13F5N6O4S5/c1-12-2-3-13(10-15(12)37(39)40)17-5-7-19(43-17)22-24-26(35-45-33-24)23(27-25(22)34-46-36-27)20-8-6-18(44-20)14-4-9-21(16(11-14)38(41)42)47(28,29,30,31)32/h2-11H,1H3. The van der Waals surface area contributed by atoms with Crippen LogP contribution in [0.15, 0.2) is 74.3 Å². The average Bonchev–Trinajstić information content (AvgIpc) is 3.81. The highest BCUT2D eigenvalue weighted by Gasteiger charge is 2.68. The normalized spacial score (nSPS) is 14.1. The van der Waals surface area contributed by atoms with E-state index in [0.717, 1.165) is 50.2 Å². The number of fused-ring (bicyclic) bond motifs is 2. The molecule has 20 heteroatoms. The minimum Gasteiger partial charge on any atom is -0.258 e. The number of aromatic nitrogens is 2. The largest absolute Gasteiger partial charge is 0.316 e. The summed E-state index contributed by atoms with van der Waals surface area (Å²) in [5.41, 5.74) is 2.50. The van der Waals surface area contributed by atoms with E-state index >= 15 is 0 Å². The van der Waals surface area contributed by atoms with Crippen LogP contribution in [0.3, 0.4) is 0 Å². The van der Waals surface area contributed by atoms with Crippen molar-refractivity contribution < 1.29 is 29.3 Å². The number of hydrogen-bond acceptors (Lipinski definition) is 11. The van der Waals surface area contributed by atoms with Crippen molar-refractivity contribution in [3.63, 3.8) is 0 Å². The number of benzene rings is 3. The molecule has 7 rings (SSSR count). The van der Waals surface area contributed by atoms with Crippen LogP contribution in [0.1, 0.15) is 5.56 Å². The van der Waals surface area contributed by atoms with E-state index in [0.29, 0.717) is 55.6 Å². The molecule has 0 saturated carbocycles. The highest BCUT2D eigenvalue weighted by Crippen LogP contribution is 3.03. The molecule has 0 atom stereocenters. The molecule has 0 fully saturated rings. The fourth-order valence-electron chi connectivity index (χ4n) is 5.08. The van der Waals surface area contributed by atoms with E-state index in [1.54, 1.807) is 25.1 Å². The van der Waals surface area contributed by atoms with Crippen LogP contribution in [0, 0.1) is 27.2 Å². The maximum Gasteiger partial charge on any atom is 0.316 e. The Morgan fingerprint density at radius 2 is 1.13 bits per heavy atom. The first-order valence-corrected chi connectivity index (χ1v) is 17.9. The van der Waals surface area contributed by atoms with E-state index in [1.165, 1.54) is 23.5 Å². The lowest BCUT2D eigenvalue weighted by atomic mass is 10.0. The van der Waals surface area contributed by atoms with Crippen LogP contribution in [-0.4, -0.2) is 18.6 Å². The number of aryl methyl sites for hydroxylation is 1. The van der Waals surface area contributed by atoms with Crippen LogP contribution >= 0.6 is 44.6 Å². The molecule has 0 radical (unpaired) electrons. The fraction of sp³-hybridized carbons (Fsp3) is 0.0370. The maximum absolute atomic E-state index is 13.5. The summed E-state index contributed by atoms with van der Waals surface area (Å²) in [5.74, 6) is 0. The van der Waals surface area contributed by atoms with Gasteiger partial charge in [0.15, 0.2) is 4.90 Å². The number of halogens is 5. The van der Waals surface area contributed by atoms with Crippen molar-refractivity contribution in [2.24, 2.45) is 8.73 Å². The van der Waals surface area contributed by atoms with Crippen LogP contribution < -0.4 is 0 Å². The first-order chi connectivity index (χ1) is 22.0. The van der Waals surface area contributed by atoms with Crippen molar-refractivity contribution >= 4 is 89.8 Å². The van der Waals surface area contributed by atoms with E-state index in [-0.39, 0.29) is 22.2 Å². The van der Waals surface area contributed by atoms with E-state index < -0.39 is 30.7 Å². The third kappa shape index (κ3) is 5.40. The summed E-state index contributed by atoms with van der Waals surface area (Å²) in [5, 5.41) is 22.9. The Hall–Kier alpha value is -4.50. The van der Waals surface area contributed by atoms with Crippen molar-refractivity contribution in [3.05, 3.63) is 86.5 Å². The number of nitrogens with zero attached hydrogens (tertiary/aromatic N) is 6. The first-order valence-electron chi connectivity index (χ1n) is 12.9. The smallest absolute Gasteiger partial charge is 0.258 e. The molecule has 0 bridgehead atoms. The Kier molecular flexibility index (Phi) is 6.62. The van der Waals surface area contributed by atoms with Crippen molar-refractivity contribution in [2.75, 3.05) is 0 Å². The number of hydrogen-bond donors (Lipinski definition) is 0. The predicted molar refractivity (Wildman–Crippen MR) is 176 cm³/mol. The number of nitro benzene ring substituents is 2. The second-order valence-electron chi connectivity index (χ2n) is 10.2. The van der Waals surface area contributed by atoms with E-state index in [2.05, 4.69) is 17.5 Å². The van der Waals surface area contributed by atoms with Gasteiger partial charge in [-0.15, -0.1) is 22.7 Å². The molecule has 0 N–H and O–H groups in total. The highest BCUT2D eigenvalue weighted by atomic mass is 32.5. The molecule has 240 valence electrons. The zero-order valence-electron chi connectivity index (χ0n) is 23.0. The SMILES string of the molecule is Cc1ccc(-c2ccc(-c3c4c(c(-c5ccc(-c6ccc(S(F)(F)(F)(F)F)c([N+](=O)[O-])c6)s5)c5nsnc35)N=S=N4)s2)cc1[N+](=O)[O-]. The van der Waals surface area contributed by atoms with Gasteiger partial charge in [-0.3, -0.25) is 20.2 Å². The molecular weight excluding hydrogens is 728 g/mol. The second kappa shape index (κ2) is 10.0. The highest BCUT2D eigenvalue weighted by molar-refractivity contribution is 8.45. The number of thiophene rings is 2. The van der Waals surface area contributed by atoms with E-state index in [1.807, 2.05) is 12.1 Å². The molecule has 0 unspecified atom stereocenters. The van der Waals surface area contributed by atoms with Crippen LogP contribution in [0.5, 0.6) is 0 Å². The number of rotatable bonds is 7. The van der Waals surface area contributed by atoms with Crippen LogP contribution in [-0.2, 0) is 11.4 Å². The van der Waals surface area contributed by atoms with Gasteiger partial charge in [-0.2, -0.15) is 17.5 Å². The van der Waals surface area contributed by atoms with Gasteiger partial charge in [-0.1, -0.05) is 37.6 Å². The van der Waals surface area contributed by atoms with Gasteiger partial charge in [0.1, 0.15) is 22.4 Å². The lowest BCUT2D eigenvalue weighted by Gasteiger charge is -2.39. The van der Waals surface area contributed by atoms with Gasteiger partial charge < -0.3 is 0 Å². The predicted octanol–water partition coefficient (Wildman–Crippen LogP) is 12.0. The van der Waals surface area contributed by atoms with E-state index in [4.69, 9.17) is 0 Å². The molecule has 1 aliphatic heterocycles. The minimum absolute atomic E-state index is 0.000520. The molecular formula is C27H13F5N6O4S5.